The molecule has 2 heteroatoms. The number of carbonyl (C=O) groups excluding carboxylic acids is 1. The fourth-order valence-electron chi connectivity index (χ4n) is 2.70. The molecule has 0 N–H and O–H groups in total. The summed E-state index contributed by atoms with van der Waals surface area (Å²) in [5.41, 5.74) is 6.29. The lowest BCUT2D eigenvalue weighted by atomic mass is 9.99. The lowest BCUT2D eigenvalue weighted by Crippen LogP contribution is -1.93. The van der Waals surface area contributed by atoms with Gasteiger partial charge < -0.3 is 4.40 Å². The van der Waals surface area contributed by atoms with E-state index >= 15 is 0 Å². The molecule has 2 nitrogen and oxygen atoms in total. The fourth-order valence-corrected chi connectivity index (χ4v) is 2.70. The largest absolute Gasteiger partial charge is 0.313 e. The zero-order valence-corrected chi connectivity index (χ0v) is 12.6. The molecule has 0 radical (unpaired) electrons. The molecule has 0 aliphatic heterocycles. The molecule has 0 spiro atoms. The van der Waals surface area contributed by atoms with E-state index in [1.165, 1.54) is 5.56 Å². The first-order valence-electron chi connectivity index (χ1n) is 7.27. The van der Waals surface area contributed by atoms with E-state index in [0.717, 1.165) is 28.5 Å². The van der Waals surface area contributed by atoms with Crippen LogP contribution in [0.25, 0.3) is 16.6 Å². The van der Waals surface area contributed by atoms with Crippen LogP contribution in [0.15, 0.2) is 48.7 Å². The number of nitrogens with zero attached hydrogens (tertiary/aromatic N) is 1. The van der Waals surface area contributed by atoms with Gasteiger partial charge in [-0.05, 0) is 41.7 Å². The van der Waals surface area contributed by atoms with E-state index in [1.807, 2.05) is 23.6 Å². The van der Waals surface area contributed by atoms with Crippen LogP contribution in [0.5, 0.6) is 0 Å². The minimum Gasteiger partial charge on any atom is -0.313 e. The molecule has 0 aliphatic rings. The van der Waals surface area contributed by atoms with Crippen molar-refractivity contribution in [3.63, 3.8) is 0 Å². The highest BCUT2D eigenvalue weighted by Crippen LogP contribution is 2.28. The predicted octanol–water partition coefficient (Wildman–Crippen LogP) is 4.85. The summed E-state index contributed by atoms with van der Waals surface area (Å²) in [7, 11) is 0. The number of fused-ring (bicyclic) bond motifs is 1. The van der Waals surface area contributed by atoms with Crippen LogP contribution in [-0.4, -0.2) is 10.7 Å². The summed E-state index contributed by atoms with van der Waals surface area (Å²) in [6.45, 7) is 6.40. The molecule has 3 rings (SSSR count). The maximum absolute atomic E-state index is 11.5. The van der Waals surface area contributed by atoms with Gasteiger partial charge >= 0.3 is 0 Å². The Labute approximate surface area is 125 Å². The van der Waals surface area contributed by atoms with Crippen LogP contribution in [0.3, 0.4) is 0 Å². The van der Waals surface area contributed by atoms with Gasteiger partial charge in [0.15, 0.2) is 6.29 Å². The van der Waals surface area contributed by atoms with Crippen molar-refractivity contribution in [2.24, 2.45) is 0 Å². The Morgan fingerprint density at radius 3 is 2.38 bits per heavy atom. The van der Waals surface area contributed by atoms with Crippen molar-refractivity contribution in [2.45, 2.75) is 26.7 Å². The number of aryl methyl sites for hydroxylation is 1. The van der Waals surface area contributed by atoms with Crippen LogP contribution < -0.4 is 0 Å². The van der Waals surface area contributed by atoms with Crippen molar-refractivity contribution in [2.75, 3.05) is 0 Å². The Hall–Kier alpha value is -2.35. The van der Waals surface area contributed by atoms with E-state index in [4.69, 9.17) is 0 Å². The molecule has 0 saturated heterocycles. The lowest BCUT2D eigenvalue weighted by molar-refractivity contribution is 0.111. The van der Waals surface area contributed by atoms with Crippen LogP contribution in [0.1, 0.15) is 41.4 Å². The first-order valence-corrected chi connectivity index (χ1v) is 7.27. The van der Waals surface area contributed by atoms with Gasteiger partial charge in [-0.25, -0.2) is 0 Å². The summed E-state index contributed by atoms with van der Waals surface area (Å²) in [6.07, 6.45) is 2.95. The van der Waals surface area contributed by atoms with Gasteiger partial charge in [-0.3, -0.25) is 4.79 Å². The molecule has 106 valence electrons. The number of rotatable bonds is 3. The normalized spacial score (nSPS) is 11.2. The smallest absolute Gasteiger partial charge is 0.167 e. The van der Waals surface area contributed by atoms with Crippen LogP contribution in [0, 0.1) is 6.92 Å². The number of benzene rings is 1. The average molecular weight is 277 g/mol. The van der Waals surface area contributed by atoms with Crippen LogP contribution >= 0.6 is 0 Å². The fraction of sp³-hybridized carbons (Fsp3) is 0.211. The summed E-state index contributed by atoms with van der Waals surface area (Å²) in [5.74, 6) is 0.514. The van der Waals surface area contributed by atoms with E-state index in [0.29, 0.717) is 11.6 Å². The maximum atomic E-state index is 11.5. The Morgan fingerprint density at radius 2 is 1.76 bits per heavy atom. The highest BCUT2D eigenvalue weighted by atomic mass is 16.1. The van der Waals surface area contributed by atoms with Gasteiger partial charge in [0.05, 0.1) is 5.69 Å². The quantitative estimate of drug-likeness (QED) is 0.627. The van der Waals surface area contributed by atoms with Crippen molar-refractivity contribution < 1.29 is 4.79 Å². The van der Waals surface area contributed by atoms with Crippen molar-refractivity contribution in [3.8, 4) is 11.1 Å². The van der Waals surface area contributed by atoms with Gasteiger partial charge in [-0.1, -0.05) is 44.2 Å². The third-order valence-corrected chi connectivity index (χ3v) is 3.96. The Balaban J connectivity index is 2.17. The second-order valence-electron chi connectivity index (χ2n) is 5.84. The molecule has 2 heterocycles. The van der Waals surface area contributed by atoms with Gasteiger partial charge in [0, 0.05) is 17.3 Å². The zero-order chi connectivity index (χ0) is 15.0. The highest BCUT2D eigenvalue weighted by molar-refractivity contribution is 5.89. The van der Waals surface area contributed by atoms with Crippen LogP contribution in [0.2, 0.25) is 0 Å². The molecule has 0 amide bonds. The van der Waals surface area contributed by atoms with Gasteiger partial charge in [0.25, 0.3) is 0 Å². The predicted molar refractivity (Wildman–Crippen MR) is 87.0 cm³/mol. The topological polar surface area (TPSA) is 21.5 Å². The van der Waals surface area contributed by atoms with Gasteiger partial charge in [0.1, 0.15) is 0 Å². The molecule has 0 aliphatic carbocycles. The SMILES string of the molecule is Cc1ccc2cc(-c3ccc(C(C)C)cc3)c(C=O)n2c1. The number of aldehydes is 1. The molecule has 0 unspecified atom stereocenters. The average Bonchev–Trinajstić information content (AvgIpc) is 2.85. The summed E-state index contributed by atoms with van der Waals surface area (Å²) in [4.78, 5) is 11.5. The molecular formula is C19H19NO. The van der Waals surface area contributed by atoms with E-state index in [-0.39, 0.29) is 0 Å². The van der Waals surface area contributed by atoms with E-state index in [9.17, 15) is 4.79 Å². The number of carbonyl (C=O) groups is 1. The standard InChI is InChI=1S/C19H19NO/c1-13(2)15-5-7-16(8-6-15)18-10-17-9-4-14(3)11-20(17)19(18)12-21/h4-13H,1-3H3. The second kappa shape index (κ2) is 5.21. The summed E-state index contributed by atoms with van der Waals surface area (Å²) in [5, 5.41) is 0. The minimum absolute atomic E-state index is 0.514. The second-order valence-corrected chi connectivity index (χ2v) is 5.84. The van der Waals surface area contributed by atoms with E-state index in [1.54, 1.807) is 0 Å². The molecule has 3 aromatic rings. The van der Waals surface area contributed by atoms with Crippen molar-refractivity contribution in [1.29, 1.82) is 0 Å². The first-order chi connectivity index (χ1) is 10.1. The molecule has 1 aromatic carbocycles. The molecular weight excluding hydrogens is 258 g/mol. The van der Waals surface area contributed by atoms with E-state index in [2.05, 4.69) is 50.2 Å². The third-order valence-electron chi connectivity index (χ3n) is 3.96. The molecule has 21 heavy (non-hydrogen) atoms. The van der Waals surface area contributed by atoms with Crippen molar-refractivity contribution in [1.82, 2.24) is 4.40 Å². The van der Waals surface area contributed by atoms with Crippen LogP contribution in [0.4, 0.5) is 0 Å². The third kappa shape index (κ3) is 2.38. The Morgan fingerprint density at radius 1 is 1.05 bits per heavy atom. The molecule has 0 bridgehead atoms. The zero-order valence-electron chi connectivity index (χ0n) is 12.6. The Bertz CT molecular complexity index is 794. The van der Waals surface area contributed by atoms with E-state index < -0.39 is 0 Å². The number of hydrogen-bond donors (Lipinski definition) is 0. The van der Waals surface area contributed by atoms with Crippen molar-refractivity contribution >= 4 is 11.8 Å². The number of aromatic nitrogens is 1. The molecule has 2 aromatic heterocycles. The molecule has 0 saturated carbocycles. The van der Waals surface area contributed by atoms with Gasteiger partial charge in [-0.15, -0.1) is 0 Å². The van der Waals surface area contributed by atoms with Crippen molar-refractivity contribution in [3.05, 3.63) is 65.5 Å². The van der Waals surface area contributed by atoms with Crippen LogP contribution in [-0.2, 0) is 0 Å². The molecule has 0 atom stereocenters. The number of hydrogen-bond acceptors (Lipinski definition) is 1. The summed E-state index contributed by atoms with van der Waals surface area (Å²) in [6, 6.07) is 14.7. The minimum atomic E-state index is 0.514. The summed E-state index contributed by atoms with van der Waals surface area (Å²) < 4.78 is 1.97. The summed E-state index contributed by atoms with van der Waals surface area (Å²) >= 11 is 0. The monoisotopic (exact) mass is 277 g/mol. The molecule has 0 fully saturated rings. The number of pyridine rings is 1. The maximum Gasteiger partial charge on any atom is 0.167 e. The first kappa shape index (κ1) is 13.6. The highest BCUT2D eigenvalue weighted by Gasteiger charge is 2.11. The van der Waals surface area contributed by atoms with Gasteiger partial charge in [0.2, 0.25) is 0 Å². The lowest BCUT2D eigenvalue weighted by Gasteiger charge is -2.06. The Kier molecular flexibility index (Phi) is 3.38. The van der Waals surface area contributed by atoms with Gasteiger partial charge in [-0.2, -0.15) is 0 Å².